The van der Waals surface area contributed by atoms with Gasteiger partial charge in [0.2, 0.25) is 11.7 Å². The third-order valence-corrected chi connectivity index (χ3v) is 7.61. The van der Waals surface area contributed by atoms with E-state index in [2.05, 4.69) is 10.6 Å². The van der Waals surface area contributed by atoms with Crippen LogP contribution in [0.1, 0.15) is 98.8 Å². The zero-order chi connectivity index (χ0) is 36.2. The second-order valence-electron chi connectivity index (χ2n) is 13.4. The lowest BCUT2D eigenvalue weighted by atomic mass is 9.70. The number of nitrogens with one attached hydrogen (secondary N) is 2. The van der Waals surface area contributed by atoms with Gasteiger partial charge in [0.05, 0.1) is 6.04 Å². The van der Waals surface area contributed by atoms with Crippen molar-refractivity contribution in [3.8, 4) is 0 Å². The number of urea groups is 1. The Morgan fingerprint density at radius 2 is 1.71 bits per heavy atom. The van der Waals surface area contributed by atoms with Gasteiger partial charge in [-0.05, 0) is 74.3 Å². The molecule has 0 aromatic carbocycles. The summed E-state index contributed by atoms with van der Waals surface area (Å²) in [5, 5.41) is 5.44. The minimum Gasteiger partial charge on any atom is -0.363 e. The number of nitrogens with zero attached hydrogens (tertiary/aromatic N) is 1. The molecule has 214 valence electrons. The highest BCUT2D eigenvalue weighted by Gasteiger charge is 2.69. The molecule has 3 aliphatic rings. The second-order valence-corrected chi connectivity index (χ2v) is 13.4. The number of hydrogen-bond acceptors (Lipinski definition) is 5. The Hall–Kier alpha value is -2.45. The van der Waals surface area contributed by atoms with Crippen LogP contribution in [0.15, 0.2) is 0 Å². The number of likely N-dealkylation sites (tertiary alicyclic amines) is 1. The number of nitrogens with two attached hydrogens (primary N) is 1. The molecule has 2 aliphatic carbocycles. The van der Waals surface area contributed by atoms with Crippen molar-refractivity contribution in [2.24, 2.45) is 46.1 Å². The van der Waals surface area contributed by atoms with E-state index in [0.717, 1.165) is 6.92 Å². The van der Waals surface area contributed by atoms with E-state index >= 15 is 0 Å². The van der Waals surface area contributed by atoms with Crippen LogP contribution in [0.25, 0.3) is 0 Å². The Bertz CT molecular complexity index is 1320. The Labute approximate surface area is 238 Å². The van der Waals surface area contributed by atoms with Crippen LogP contribution >= 0.6 is 0 Å². The summed E-state index contributed by atoms with van der Waals surface area (Å²) in [6.45, 7) is 15.2. The van der Waals surface area contributed by atoms with Crippen LogP contribution in [0.2, 0.25) is 0 Å². The molecule has 1 aliphatic heterocycles. The molecule has 9 heteroatoms. The van der Waals surface area contributed by atoms with Crippen LogP contribution in [0.5, 0.6) is 0 Å². The summed E-state index contributed by atoms with van der Waals surface area (Å²) in [6.07, 6.45) is -10.9. The first kappa shape index (κ1) is 20.5. The van der Waals surface area contributed by atoms with Crippen LogP contribution in [-0.2, 0) is 19.2 Å². The maximum atomic E-state index is 14.2. The highest BCUT2D eigenvalue weighted by Crippen LogP contribution is 2.65. The SMILES string of the molecule is [2H]C([2H])(C(CC(=O)[C@@H]1[C@@H]2[C@H](CN1C(=O)[C@@H](NC(=O)NC(C)(C)C)C(C)(C)C)C2(C)C)C(=O)C(N)=O)C1([2H])C([2H])([2H])C([2H])(C)C1([2H])[2H]. The van der Waals surface area contributed by atoms with Crippen molar-refractivity contribution in [1.29, 1.82) is 0 Å². The molecule has 3 rings (SSSR count). The lowest BCUT2D eigenvalue weighted by Gasteiger charge is -2.38. The summed E-state index contributed by atoms with van der Waals surface area (Å²) in [5.41, 5.74) is 3.35. The molecule has 0 radical (unpaired) electrons. The number of primary amides is 1. The lowest BCUT2D eigenvalue weighted by Crippen LogP contribution is -2.60. The van der Waals surface area contributed by atoms with E-state index in [1.165, 1.54) is 4.90 Å². The van der Waals surface area contributed by atoms with Crippen molar-refractivity contribution < 1.29 is 34.9 Å². The van der Waals surface area contributed by atoms with Gasteiger partial charge in [-0.2, -0.15) is 0 Å². The quantitative estimate of drug-likeness (QED) is 0.386. The molecule has 2 saturated carbocycles. The first-order chi connectivity index (χ1) is 20.2. The first-order valence-corrected chi connectivity index (χ1v) is 13.0. The molecule has 3 fully saturated rings. The summed E-state index contributed by atoms with van der Waals surface area (Å²) in [4.78, 5) is 67.7. The normalized spacial score (nSPS) is 39.4. The van der Waals surface area contributed by atoms with Gasteiger partial charge in [-0.3, -0.25) is 19.2 Å². The molecule has 38 heavy (non-hydrogen) atoms. The molecule has 0 spiro atoms. The summed E-state index contributed by atoms with van der Waals surface area (Å²) in [7, 11) is 0. The third kappa shape index (κ3) is 6.40. The number of carbonyl (C=O) groups is 5. The molecule has 1 unspecified atom stereocenters. The molecule has 0 aromatic heterocycles. The number of rotatable bonds is 9. The van der Waals surface area contributed by atoms with Crippen LogP contribution < -0.4 is 16.4 Å². The zero-order valence-electron chi connectivity index (χ0n) is 31.9. The lowest BCUT2D eigenvalue weighted by molar-refractivity contribution is -0.144. The van der Waals surface area contributed by atoms with Gasteiger partial charge in [0.25, 0.3) is 5.91 Å². The average molecular weight is 541 g/mol. The second kappa shape index (κ2) is 10.3. The number of Topliss-reactive ketones (excluding diaryl/α,β-unsaturated/α-hetero) is 2. The Morgan fingerprint density at radius 1 is 1.13 bits per heavy atom. The highest BCUT2D eigenvalue weighted by atomic mass is 16.2. The van der Waals surface area contributed by atoms with E-state index < -0.39 is 107 Å². The minimum absolute atomic E-state index is 0.119. The van der Waals surface area contributed by atoms with Crippen molar-refractivity contribution in [2.45, 2.75) is 105 Å². The molecule has 1 heterocycles. The Morgan fingerprint density at radius 3 is 2.21 bits per heavy atom. The molecular formula is C29H48N4O5. The molecule has 5 atom stereocenters. The fraction of sp³-hybridized carbons (Fsp3) is 0.828. The number of amides is 4. The van der Waals surface area contributed by atoms with Gasteiger partial charge in [0, 0.05) is 35.4 Å². The van der Waals surface area contributed by atoms with Crippen molar-refractivity contribution in [3.63, 3.8) is 0 Å². The topological polar surface area (TPSA) is 139 Å². The standard InChI is InChI=1S/C29H48N4O5/c1-15-10-16(11-15)12-17(22(35)24(30)36)13-19(34)21-20-18(29(20,8)9)14-33(21)25(37)23(27(2,3)4)31-26(38)32-28(5,6)7/h15-18,20-21,23H,10-14H2,1-9H3,(H2,30,36)(H2,31,32,38)/t15?,16?,17?,18-,20-,21+,23+/m0/s1/i10D2,11D2,12D2,15D,16D. The van der Waals surface area contributed by atoms with Gasteiger partial charge in [-0.25, -0.2) is 4.79 Å². The van der Waals surface area contributed by atoms with Crippen molar-refractivity contribution in [3.05, 3.63) is 0 Å². The van der Waals surface area contributed by atoms with E-state index in [1.54, 1.807) is 41.5 Å². The minimum atomic E-state index is -3.51. The van der Waals surface area contributed by atoms with Gasteiger partial charge in [0.15, 0.2) is 5.78 Å². The van der Waals surface area contributed by atoms with Crippen molar-refractivity contribution in [2.75, 3.05) is 6.54 Å². The smallest absolute Gasteiger partial charge is 0.315 e. The number of ketones is 2. The van der Waals surface area contributed by atoms with Crippen molar-refractivity contribution >= 4 is 29.4 Å². The summed E-state index contributed by atoms with van der Waals surface area (Å²) < 4.78 is 67.8. The van der Waals surface area contributed by atoms with E-state index in [-0.39, 0.29) is 12.5 Å². The summed E-state index contributed by atoms with van der Waals surface area (Å²) >= 11 is 0. The van der Waals surface area contributed by atoms with Gasteiger partial charge >= 0.3 is 6.03 Å². The zero-order valence-corrected chi connectivity index (χ0v) is 23.9. The maximum absolute atomic E-state index is 14.2. The molecule has 0 bridgehead atoms. The van der Waals surface area contributed by atoms with Gasteiger partial charge in [-0.15, -0.1) is 0 Å². The molecule has 4 N–H and O–H groups in total. The summed E-state index contributed by atoms with van der Waals surface area (Å²) in [5.74, 6) is -13.7. The van der Waals surface area contributed by atoms with Gasteiger partial charge in [0.1, 0.15) is 6.04 Å². The molecule has 9 nitrogen and oxygen atoms in total. The Balaban J connectivity index is 2.04. The van der Waals surface area contributed by atoms with Gasteiger partial charge in [-0.1, -0.05) is 41.5 Å². The van der Waals surface area contributed by atoms with E-state index in [9.17, 15) is 24.0 Å². The highest BCUT2D eigenvalue weighted by molar-refractivity contribution is 6.36. The Kier molecular flexibility index (Phi) is 5.53. The number of piperidine rings is 1. The van der Waals surface area contributed by atoms with Crippen LogP contribution in [0.3, 0.4) is 0 Å². The van der Waals surface area contributed by atoms with Gasteiger partial charge < -0.3 is 21.3 Å². The molecular weight excluding hydrogens is 484 g/mol. The first-order valence-electron chi connectivity index (χ1n) is 17.0. The third-order valence-electron chi connectivity index (χ3n) is 7.61. The largest absolute Gasteiger partial charge is 0.363 e. The van der Waals surface area contributed by atoms with Crippen LogP contribution in [-0.4, -0.2) is 58.5 Å². The molecule has 4 amide bonds. The van der Waals surface area contributed by atoms with E-state index in [0.29, 0.717) is 0 Å². The fourth-order valence-electron chi connectivity index (χ4n) is 5.53. The van der Waals surface area contributed by atoms with Crippen molar-refractivity contribution in [1.82, 2.24) is 15.5 Å². The molecule has 0 aromatic rings. The van der Waals surface area contributed by atoms with E-state index in [4.69, 9.17) is 16.7 Å². The number of carbonyl (C=O) groups excluding carboxylic acids is 5. The average Bonchev–Trinajstić information content (AvgIpc) is 3.19. The van der Waals surface area contributed by atoms with E-state index in [1.807, 2.05) is 13.8 Å². The maximum Gasteiger partial charge on any atom is 0.315 e. The fourth-order valence-corrected chi connectivity index (χ4v) is 5.53. The predicted octanol–water partition coefficient (Wildman–Crippen LogP) is 3.05. The monoisotopic (exact) mass is 540 g/mol. The predicted molar refractivity (Wildman–Crippen MR) is 145 cm³/mol. The molecule has 1 saturated heterocycles. The number of hydrogen-bond donors (Lipinski definition) is 3. The summed E-state index contributed by atoms with van der Waals surface area (Å²) in [6, 6.07) is -2.94. The van der Waals surface area contributed by atoms with Crippen LogP contribution in [0, 0.1) is 40.4 Å². The van der Waals surface area contributed by atoms with Crippen LogP contribution in [0.4, 0.5) is 4.79 Å². The number of fused-ring (bicyclic) bond motifs is 1.